The number of allylic oxidation sites excluding steroid dienone is 3. The molecular formula is C19H16F4O. The third-order valence-corrected chi connectivity index (χ3v) is 3.19. The summed E-state index contributed by atoms with van der Waals surface area (Å²) in [7, 11) is 0. The summed E-state index contributed by atoms with van der Waals surface area (Å²) in [5.74, 6) is -1.61. The highest BCUT2D eigenvalue weighted by Gasteiger charge is 2.38. The van der Waals surface area contributed by atoms with E-state index in [4.69, 9.17) is 4.74 Å². The van der Waals surface area contributed by atoms with Gasteiger partial charge < -0.3 is 4.74 Å². The molecule has 0 saturated heterocycles. The summed E-state index contributed by atoms with van der Waals surface area (Å²) in [6, 6.07) is 13.8. The molecule has 0 amide bonds. The molecule has 0 N–H and O–H groups in total. The van der Waals surface area contributed by atoms with Crippen molar-refractivity contribution in [3.05, 3.63) is 83.4 Å². The van der Waals surface area contributed by atoms with Crippen LogP contribution in [0, 0.1) is 5.82 Å². The van der Waals surface area contributed by atoms with Gasteiger partial charge in [0, 0.05) is 5.57 Å². The average Bonchev–Trinajstić information content (AvgIpc) is 2.55. The second kappa shape index (κ2) is 7.81. The molecule has 0 spiro atoms. The van der Waals surface area contributed by atoms with Crippen LogP contribution < -0.4 is 0 Å². The van der Waals surface area contributed by atoms with Gasteiger partial charge in [-0.25, -0.2) is 4.39 Å². The Morgan fingerprint density at radius 1 is 1.00 bits per heavy atom. The summed E-state index contributed by atoms with van der Waals surface area (Å²) < 4.78 is 58.0. The van der Waals surface area contributed by atoms with Gasteiger partial charge >= 0.3 is 6.18 Å². The summed E-state index contributed by atoms with van der Waals surface area (Å²) in [4.78, 5) is 0. The van der Waals surface area contributed by atoms with Gasteiger partial charge in [-0.3, -0.25) is 0 Å². The van der Waals surface area contributed by atoms with Crippen molar-refractivity contribution >= 4 is 11.6 Å². The van der Waals surface area contributed by atoms with Gasteiger partial charge in [-0.05, 0) is 30.2 Å². The maximum Gasteiger partial charge on any atom is 0.449 e. The molecule has 2 aromatic carbocycles. The first-order valence-electron chi connectivity index (χ1n) is 7.35. The van der Waals surface area contributed by atoms with Crippen LogP contribution in [0.1, 0.15) is 18.1 Å². The van der Waals surface area contributed by atoms with Gasteiger partial charge in [0.25, 0.3) is 0 Å². The minimum atomic E-state index is -4.65. The third kappa shape index (κ3) is 4.72. The zero-order valence-electron chi connectivity index (χ0n) is 13.0. The lowest BCUT2D eigenvalue weighted by atomic mass is 10.0. The molecule has 0 aliphatic carbocycles. The van der Waals surface area contributed by atoms with Crippen molar-refractivity contribution in [1.29, 1.82) is 0 Å². The van der Waals surface area contributed by atoms with Crippen molar-refractivity contribution in [2.24, 2.45) is 0 Å². The zero-order valence-corrected chi connectivity index (χ0v) is 13.0. The van der Waals surface area contributed by atoms with Crippen LogP contribution in [0.2, 0.25) is 0 Å². The van der Waals surface area contributed by atoms with E-state index in [0.717, 1.165) is 17.7 Å². The van der Waals surface area contributed by atoms with Crippen molar-refractivity contribution < 1.29 is 22.3 Å². The van der Waals surface area contributed by atoms with E-state index >= 15 is 0 Å². The smallest absolute Gasteiger partial charge is 0.449 e. The maximum atomic E-state index is 13.4. The highest BCUT2D eigenvalue weighted by atomic mass is 19.4. The Balaban J connectivity index is 2.55. The Hall–Kier alpha value is -2.56. The molecule has 2 rings (SSSR count). The van der Waals surface area contributed by atoms with E-state index in [9.17, 15) is 17.6 Å². The first-order valence-corrected chi connectivity index (χ1v) is 7.35. The Bertz CT molecular complexity index is 713. The molecule has 0 unspecified atom stereocenters. The lowest BCUT2D eigenvalue weighted by Crippen LogP contribution is -2.16. The van der Waals surface area contributed by atoms with Crippen LogP contribution in [0.25, 0.3) is 11.6 Å². The van der Waals surface area contributed by atoms with E-state index in [1.807, 2.05) is 6.07 Å². The first-order chi connectivity index (χ1) is 11.4. The van der Waals surface area contributed by atoms with Gasteiger partial charge in [-0.15, -0.1) is 0 Å². The fourth-order valence-electron chi connectivity index (χ4n) is 2.13. The fourth-order valence-corrected chi connectivity index (χ4v) is 2.13. The van der Waals surface area contributed by atoms with Gasteiger partial charge in [0.05, 0.1) is 6.61 Å². The summed E-state index contributed by atoms with van der Waals surface area (Å²) in [6.45, 7) is 1.35. The maximum absolute atomic E-state index is 13.4. The molecule has 1 nitrogen and oxygen atoms in total. The molecule has 126 valence electrons. The molecule has 5 heteroatoms. The molecule has 0 bridgehead atoms. The number of benzene rings is 2. The highest BCUT2D eigenvalue weighted by molar-refractivity contribution is 5.80. The summed E-state index contributed by atoms with van der Waals surface area (Å²) in [5, 5.41) is 0. The Morgan fingerprint density at radius 2 is 1.62 bits per heavy atom. The number of hydrogen-bond donors (Lipinski definition) is 0. The average molecular weight is 336 g/mol. The third-order valence-electron chi connectivity index (χ3n) is 3.19. The zero-order chi connectivity index (χ0) is 17.6. The van der Waals surface area contributed by atoms with Crippen LogP contribution in [0.4, 0.5) is 17.6 Å². The van der Waals surface area contributed by atoms with Crippen molar-refractivity contribution in [2.75, 3.05) is 6.61 Å². The lowest BCUT2D eigenvalue weighted by molar-refractivity contribution is -0.128. The monoisotopic (exact) mass is 336 g/mol. The van der Waals surface area contributed by atoms with E-state index < -0.39 is 17.8 Å². The second-order valence-corrected chi connectivity index (χ2v) is 4.92. The highest BCUT2D eigenvalue weighted by Crippen LogP contribution is 2.34. The van der Waals surface area contributed by atoms with Gasteiger partial charge in [0.15, 0.2) is 0 Å². The van der Waals surface area contributed by atoms with E-state index in [1.54, 1.807) is 30.3 Å². The topological polar surface area (TPSA) is 9.23 Å². The Kier molecular flexibility index (Phi) is 5.79. The van der Waals surface area contributed by atoms with Gasteiger partial charge in [0.2, 0.25) is 5.76 Å². The van der Waals surface area contributed by atoms with E-state index in [-0.39, 0.29) is 17.7 Å². The molecule has 0 aliphatic rings. The van der Waals surface area contributed by atoms with Gasteiger partial charge in [-0.2, -0.15) is 13.2 Å². The van der Waals surface area contributed by atoms with Crippen LogP contribution in [0.5, 0.6) is 0 Å². The minimum absolute atomic E-state index is 0.126. The summed E-state index contributed by atoms with van der Waals surface area (Å²) in [6.07, 6.45) is -1.76. The minimum Gasteiger partial charge on any atom is -0.489 e. The molecule has 0 aliphatic heterocycles. The van der Waals surface area contributed by atoms with Crippen LogP contribution >= 0.6 is 0 Å². The van der Waals surface area contributed by atoms with Crippen LogP contribution in [0.3, 0.4) is 0 Å². The molecule has 0 fully saturated rings. The molecule has 0 aromatic heterocycles. The van der Waals surface area contributed by atoms with E-state index in [0.29, 0.717) is 0 Å². The predicted molar refractivity (Wildman–Crippen MR) is 86.5 cm³/mol. The first kappa shape index (κ1) is 17.8. The van der Waals surface area contributed by atoms with Crippen LogP contribution in [-0.2, 0) is 4.74 Å². The van der Waals surface area contributed by atoms with E-state index in [2.05, 4.69) is 0 Å². The standard InChI is InChI=1S/C19H16F4O/c1-2-24-18(19(21,22)23)17(15-9-11-16(20)12-10-15)13-8-14-6-4-3-5-7-14/h3-13H,2H2,1H3/b13-8+,18-17-. The molecule has 0 radical (unpaired) electrons. The summed E-state index contributed by atoms with van der Waals surface area (Å²) in [5.41, 5.74) is 0.827. The molecule has 0 saturated carbocycles. The van der Waals surface area contributed by atoms with Crippen molar-refractivity contribution in [3.63, 3.8) is 0 Å². The van der Waals surface area contributed by atoms with Gasteiger partial charge in [0.1, 0.15) is 5.82 Å². The van der Waals surface area contributed by atoms with Crippen LogP contribution in [0.15, 0.2) is 66.4 Å². The number of alkyl halides is 3. The number of rotatable bonds is 5. The molecule has 2 aromatic rings. The SMILES string of the molecule is CCO/C(=C(/C=C/c1ccccc1)c1ccc(F)cc1)C(F)(F)F. The summed E-state index contributed by atoms with van der Waals surface area (Å²) >= 11 is 0. The van der Waals surface area contributed by atoms with Gasteiger partial charge in [-0.1, -0.05) is 54.6 Å². The molecule has 0 heterocycles. The molecule has 24 heavy (non-hydrogen) atoms. The van der Waals surface area contributed by atoms with Crippen LogP contribution in [-0.4, -0.2) is 12.8 Å². The lowest BCUT2D eigenvalue weighted by Gasteiger charge is -2.16. The van der Waals surface area contributed by atoms with E-state index in [1.165, 1.54) is 25.1 Å². The molecular weight excluding hydrogens is 320 g/mol. The number of halogens is 4. The van der Waals surface area contributed by atoms with Crippen molar-refractivity contribution in [2.45, 2.75) is 13.1 Å². The number of ether oxygens (including phenoxy) is 1. The van der Waals surface area contributed by atoms with Crippen molar-refractivity contribution in [1.82, 2.24) is 0 Å². The predicted octanol–water partition coefficient (Wildman–Crippen LogP) is 5.85. The molecule has 0 atom stereocenters. The number of hydrogen-bond acceptors (Lipinski definition) is 1. The Labute approximate surface area is 137 Å². The Morgan fingerprint density at radius 3 is 2.17 bits per heavy atom. The van der Waals surface area contributed by atoms with Crippen molar-refractivity contribution in [3.8, 4) is 0 Å². The normalized spacial score (nSPS) is 13.0. The fraction of sp³-hybridized carbons (Fsp3) is 0.158. The largest absolute Gasteiger partial charge is 0.489 e. The second-order valence-electron chi connectivity index (χ2n) is 4.92. The quantitative estimate of drug-likeness (QED) is 0.378.